The highest BCUT2D eigenvalue weighted by atomic mass is 19.1. The van der Waals surface area contributed by atoms with Crippen LogP contribution in [-0.2, 0) is 6.54 Å². The summed E-state index contributed by atoms with van der Waals surface area (Å²) in [5, 5.41) is 11.8. The third-order valence-electron chi connectivity index (χ3n) is 2.83. The first kappa shape index (κ1) is 13.9. The van der Waals surface area contributed by atoms with Crippen LogP contribution in [0.2, 0.25) is 0 Å². The Hall–Kier alpha value is -2.54. The standard InChI is InChI=1S/C16H15FN2O/c1-2-20-15-7-5-14(6-8-15)19-11-13-4-3-12(10-18)9-16(13)17/h3-9,19H,2,11H2,1H3. The Bertz CT molecular complexity index is 617. The van der Waals surface area contributed by atoms with Gasteiger partial charge in [-0.05, 0) is 43.3 Å². The van der Waals surface area contributed by atoms with Crippen LogP contribution in [0.3, 0.4) is 0 Å². The quantitative estimate of drug-likeness (QED) is 0.900. The van der Waals surface area contributed by atoms with E-state index < -0.39 is 0 Å². The molecule has 0 saturated carbocycles. The second kappa shape index (κ2) is 6.58. The number of hydrogen-bond acceptors (Lipinski definition) is 3. The highest BCUT2D eigenvalue weighted by Crippen LogP contribution is 2.17. The van der Waals surface area contributed by atoms with E-state index in [2.05, 4.69) is 5.32 Å². The SMILES string of the molecule is CCOc1ccc(NCc2ccc(C#N)cc2F)cc1. The lowest BCUT2D eigenvalue weighted by molar-refractivity contribution is 0.340. The zero-order chi connectivity index (χ0) is 14.4. The van der Waals surface area contributed by atoms with Crippen LogP contribution < -0.4 is 10.1 Å². The lowest BCUT2D eigenvalue weighted by atomic mass is 10.1. The van der Waals surface area contributed by atoms with E-state index in [1.807, 2.05) is 37.3 Å². The Morgan fingerprint density at radius 3 is 2.55 bits per heavy atom. The van der Waals surface area contributed by atoms with Gasteiger partial charge in [0.05, 0.1) is 18.2 Å². The van der Waals surface area contributed by atoms with E-state index in [1.54, 1.807) is 12.1 Å². The second-order valence-electron chi connectivity index (χ2n) is 4.23. The van der Waals surface area contributed by atoms with Gasteiger partial charge in [0.25, 0.3) is 0 Å². The van der Waals surface area contributed by atoms with Crippen molar-refractivity contribution in [3.05, 3.63) is 59.4 Å². The van der Waals surface area contributed by atoms with E-state index in [4.69, 9.17) is 10.00 Å². The lowest BCUT2D eigenvalue weighted by Crippen LogP contribution is -2.02. The number of hydrogen-bond donors (Lipinski definition) is 1. The minimum Gasteiger partial charge on any atom is -0.494 e. The molecular weight excluding hydrogens is 255 g/mol. The van der Waals surface area contributed by atoms with Gasteiger partial charge in [0.15, 0.2) is 0 Å². The second-order valence-corrected chi connectivity index (χ2v) is 4.23. The van der Waals surface area contributed by atoms with Crippen molar-refractivity contribution in [2.75, 3.05) is 11.9 Å². The van der Waals surface area contributed by atoms with Gasteiger partial charge < -0.3 is 10.1 Å². The first-order valence-corrected chi connectivity index (χ1v) is 6.38. The lowest BCUT2D eigenvalue weighted by Gasteiger charge is -2.09. The molecule has 0 amide bonds. The number of benzene rings is 2. The Labute approximate surface area is 117 Å². The van der Waals surface area contributed by atoms with E-state index >= 15 is 0 Å². The Kier molecular flexibility index (Phi) is 4.56. The molecule has 0 fully saturated rings. The van der Waals surface area contributed by atoms with Crippen molar-refractivity contribution in [2.24, 2.45) is 0 Å². The topological polar surface area (TPSA) is 45.0 Å². The molecule has 0 bridgehead atoms. The predicted molar refractivity (Wildman–Crippen MR) is 76.1 cm³/mol. The third kappa shape index (κ3) is 3.48. The molecule has 0 aliphatic rings. The molecule has 0 aliphatic carbocycles. The number of halogens is 1. The third-order valence-corrected chi connectivity index (χ3v) is 2.83. The van der Waals surface area contributed by atoms with Crippen molar-refractivity contribution >= 4 is 5.69 Å². The summed E-state index contributed by atoms with van der Waals surface area (Å²) < 4.78 is 19.0. The van der Waals surface area contributed by atoms with Crippen LogP contribution in [0.4, 0.5) is 10.1 Å². The maximum absolute atomic E-state index is 13.7. The van der Waals surface area contributed by atoms with Gasteiger partial charge in [-0.15, -0.1) is 0 Å². The summed E-state index contributed by atoms with van der Waals surface area (Å²) in [4.78, 5) is 0. The van der Waals surface area contributed by atoms with Crippen molar-refractivity contribution in [3.63, 3.8) is 0 Å². The van der Waals surface area contributed by atoms with Crippen molar-refractivity contribution < 1.29 is 9.13 Å². The smallest absolute Gasteiger partial charge is 0.129 e. The van der Waals surface area contributed by atoms with Gasteiger partial charge >= 0.3 is 0 Å². The summed E-state index contributed by atoms with van der Waals surface area (Å²) in [5.41, 5.74) is 1.74. The fourth-order valence-electron chi connectivity index (χ4n) is 1.79. The number of ether oxygens (including phenoxy) is 1. The molecule has 4 heteroatoms. The van der Waals surface area contributed by atoms with Crippen molar-refractivity contribution in [3.8, 4) is 11.8 Å². The van der Waals surface area contributed by atoms with Crippen LogP contribution in [0.25, 0.3) is 0 Å². The minimum absolute atomic E-state index is 0.326. The first-order valence-electron chi connectivity index (χ1n) is 6.38. The molecule has 0 spiro atoms. The summed E-state index contributed by atoms with van der Waals surface area (Å²) >= 11 is 0. The predicted octanol–water partition coefficient (Wildman–Crippen LogP) is 3.71. The van der Waals surface area contributed by atoms with Crippen LogP contribution in [0, 0.1) is 17.1 Å². The average Bonchev–Trinajstić information content (AvgIpc) is 2.48. The highest BCUT2D eigenvalue weighted by molar-refractivity contribution is 5.47. The van der Waals surface area contributed by atoms with Crippen molar-refractivity contribution in [2.45, 2.75) is 13.5 Å². The number of anilines is 1. The zero-order valence-corrected chi connectivity index (χ0v) is 11.2. The molecule has 20 heavy (non-hydrogen) atoms. The Morgan fingerprint density at radius 1 is 1.20 bits per heavy atom. The fraction of sp³-hybridized carbons (Fsp3) is 0.188. The molecule has 3 nitrogen and oxygen atoms in total. The summed E-state index contributed by atoms with van der Waals surface area (Å²) in [6.45, 7) is 2.93. The maximum Gasteiger partial charge on any atom is 0.129 e. The number of rotatable bonds is 5. The molecule has 0 unspecified atom stereocenters. The molecule has 2 aromatic rings. The van der Waals surface area contributed by atoms with Crippen LogP contribution in [0.15, 0.2) is 42.5 Å². The van der Waals surface area contributed by atoms with Crippen LogP contribution in [-0.4, -0.2) is 6.61 Å². The maximum atomic E-state index is 13.7. The van der Waals surface area contributed by atoms with E-state index in [0.29, 0.717) is 24.3 Å². The number of nitrogens with one attached hydrogen (secondary N) is 1. The van der Waals surface area contributed by atoms with Crippen LogP contribution in [0.5, 0.6) is 5.75 Å². The average molecular weight is 270 g/mol. The van der Waals surface area contributed by atoms with Gasteiger partial charge in [-0.2, -0.15) is 5.26 Å². The van der Waals surface area contributed by atoms with Crippen molar-refractivity contribution in [1.82, 2.24) is 0 Å². The molecule has 2 aromatic carbocycles. The van der Waals surface area contributed by atoms with Gasteiger partial charge in [0, 0.05) is 17.8 Å². The highest BCUT2D eigenvalue weighted by Gasteiger charge is 2.03. The summed E-state index contributed by atoms with van der Waals surface area (Å²) in [6.07, 6.45) is 0. The Morgan fingerprint density at radius 2 is 1.95 bits per heavy atom. The van der Waals surface area contributed by atoms with Gasteiger partial charge in [-0.1, -0.05) is 6.07 Å². The van der Waals surface area contributed by atoms with E-state index in [1.165, 1.54) is 6.07 Å². The van der Waals surface area contributed by atoms with Crippen LogP contribution >= 0.6 is 0 Å². The largest absolute Gasteiger partial charge is 0.494 e. The monoisotopic (exact) mass is 270 g/mol. The summed E-state index contributed by atoms with van der Waals surface area (Å²) in [7, 11) is 0. The van der Waals surface area contributed by atoms with Gasteiger partial charge in [-0.3, -0.25) is 0 Å². The summed E-state index contributed by atoms with van der Waals surface area (Å²) in [5.74, 6) is 0.435. The normalized spacial score (nSPS) is 9.85. The zero-order valence-electron chi connectivity index (χ0n) is 11.2. The molecule has 2 rings (SSSR count). The van der Waals surface area contributed by atoms with Gasteiger partial charge in [-0.25, -0.2) is 4.39 Å². The summed E-state index contributed by atoms with van der Waals surface area (Å²) in [6, 6.07) is 13.9. The van der Waals surface area contributed by atoms with Gasteiger partial charge in [0.2, 0.25) is 0 Å². The molecule has 0 heterocycles. The minimum atomic E-state index is -0.373. The fourth-order valence-corrected chi connectivity index (χ4v) is 1.79. The molecule has 0 saturated heterocycles. The number of nitriles is 1. The van der Waals surface area contributed by atoms with Crippen LogP contribution in [0.1, 0.15) is 18.1 Å². The molecule has 0 atom stereocenters. The van der Waals surface area contributed by atoms with E-state index in [-0.39, 0.29) is 5.82 Å². The van der Waals surface area contributed by atoms with Gasteiger partial charge in [0.1, 0.15) is 11.6 Å². The molecule has 1 N–H and O–H groups in total. The molecule has 0 radical (unpaired) electrons. The molecule has 102 valence electrons. The van der Waals surface area contributed by atoms with Crippen molar-refractivity contribution in [1.29, 1.82) is 5.26 Å². The number of nitrogens with zero attached hydrogens (tertiary/aromatic N) is 1. The molecule has 0 aromatic heterocycles. The van der Waals surface area contributed by atoms with E-state index in [0.717, 1.165) is 11.4 Å². The Balaban J connectivity index is 2.00. The first-order chi connectivity index (χ1) is 9.72. The molecular formula is C16H15FN2O. The molecule has 0 aliphatic heterocycles. The van der Waals surface area contributed by atoms with E-state index in [9.17, 15) is 4.39 Å².